The van der Waals surface area contributed by atoms with Gasteiger partial charge in [-0.2, -0.15) is 8.42 Å². The molecule has 0 aliphatic carbocycles. The molecule has 0 spiro atoms. The first-order valence-corrected chi connectivity index (χ1v) is 9.87. The Bertz CT molecular complexity index is 887. The Morgan fingerprint density at radius 2 is 1.91 bits per heavy atom. The summed E-state index contributed by atoms with van der Waals surface area (Å²) in [4.78, 5) is 0.0787. The van der Waals surface area contributed by atoms with Crippen molar-refractivity contribution in [3.63, 3.8) is 0 Å². The number of nitrogens with two attached hydrogens (primary N) is 1. The number of sulfonamides is 1. The van der Waals surface area contributed by atoms with Gasteiger partial charge in [-0.25, -0.2) is 13.6 Å². The average molecular weight is 362 g/mol. The zero-order chi connectivity index (χ0) is 16.5. The minimum atomic E-state index is -4.60. The molecule has 4 N–H and O–H groups in total. The smallest absolute Gasteiger partial charge is 0.296 e. The number of primary sulfonamides is 1. The van der Waals surface area contributed by atoms with E-state index in [2.05, 4.69) is 5.32 Å². The molecule has 0 amide bonds. The van der Waals surface area contributed by atoms with Crippen molar-refractivity contribution in [2.24, 2.45) is 5.14 Å². The number of hydrogen-bond donors (Lipinski definition) is 3. The Balaban J connectivity index is 2.51. The number of benzene rings is 1. The largest absolute Gasteiger partial charge is 0.379 e. The van der Waals surface area contributed by atoms with Gasteiger partial charge in [0, 0.05) is 11.4 Å². The number of thiophene rings is 1. The zero-order valence-electron chi connectivity index (χ0n) is 11.5. The summed E-state index contributed by atoms with van der Waals surface area (Å²) < 4.78 is 55.2. The van der Waals surface area contributed by atoms with Crippen LogP contribution in [0.5, 0.6) is 0 Å². The summed E-state index contributed by atoms with van der Waals surface area (Å²) in [6.07, 6.45) is 0. The Labute approximate surface area is 132 Å². The van der Waals surface area contributed by atoms with Gasteiger partial charge in [0.15, 0.2) is 0 Å². The first kappa shape index (κ1) is 16.9. The SMILES string of the molecule is Cc1cc(NCc2cccs2)c(S(=O)(=O)O)cc1S(N)(=O)=O. The van der Waals surface area contributed by atoms with E-state index in [1.807, 2.05) is 17.5 Å². The van der Waals surface area contributed by atoms with Crippen molar-refractivity contribution in [2.45, 2.75) is 23.3 Å². The third-order valence-corrected chi connectivity index (χ3v) is 5.72. The van der Waals surface area contributed by atoms with Gasteiger partial charge in [0.1, 0.15) is 4.90 Å². The van der Waals surface area contributed by atoms with Crippen molar-refractivity contribution in [1.29, 1.82) is 0 Å². The summed E-state index contributed by atoms with van der Waals surface area (Å²) in [5.41, 5.74) is 0.393. The molecule has 0 bridgehead atoms. The molecule has 0 radical (unpaired) electrons. The van der Waals surface area contributed by atoms with E-state index in [1.165, 1.54) is 24.3 Å². The second-order valence-corrected chi connectivity index (χ2v) is 8.52. The first-order valence-electron chi connectivity index (χ1n) is 6.00. The highest BCUT2D eigenvalue weighted by Crippen LogP contribution is 2.28. The first-order chi connectivity index (χ1) is 10.1. The molecule has 0 saturated carbocycles. The summed E-state index contributed by atoms with van der Waals surface area (Å²) in [5.74, 6) is 0. The van der Waals surface area contributed by atoms with Gasteiger partial charge in [-0.3, -0.25) is 4.55 Å². The lowest BCUT2D eigenvalue weighted by molar-refractivity contribution is 0.483. The lowest BCUT2D eigenvalue weighted by Crippen LogP contribution is -2.16. The van der Waals surface area contributed by atoms with Crippen LogP contribution in [0.15, 0.2) is 39.4 Å². The molecule has 10 heteroatoms. The van der Waals surface area contributed by atoms with Gasteiger partial charge in [0.25, 0.3) is 10.1 Å². The summed E-state index contributed by atoms with van der Waals surface area (Å²) in [6.45, 7) is 1.83. The van der Waals surface area contributed by atoms with Crippen LogP contribution in [0.25, 0.3) is 0 Å². The predicted molar refractivity (Wildman–Crippen MR) is 84.0 cm³/mol. The summed E-state index contributed by atoms with van der Waals surface area (Å²) in [6, 6.07) is 5.89. The number of rotatable bonds is 5. The molecular weight excluding hydrogens is 348 g/mol. The number of nitrogens with one attached hydrogen (secondary N) is 1. The fraction of sp³-hybridized carbons (Fsp3) is 0.167. The number of hydrogen-bond acceptors (Lipinski definition) is 6. The monoisotopic (exact) mass is 362 g/mol. The van der Waals surface area contributed by atoms with Crippen LogP contribution in [-0.4, -0.2) is 21.4 Å². The van der Waals surface area contributed by atoms with E-state index in [9.17, 15) is 21.4 Å². The molecule has 0 aliphatic rings. The van der Waals surface area contributed by atoms with Gasteiger partial charge in [0.05, 0.1) is 10.6 Å². The lowest BCUT2D eigenvalue weighted by Gasteiger charge is -2.13. The van der Waals surface area contributed by atoms with Crippen LogP contribution < -0.4 is 10.5 Å². The van der Waals surface area contributed by atoms with Gasteiger partial charge in [-0.05, 0) is 36.1 Å². The molecule has 0 atom stereocenters. The molecule has 120 valence electrons. The van der Waals surface area contributed by atoms with E-state index in [4.69, 9.17) is 5.14 Å². The summed E-state index contributed by atoms with van der Waals surface area (Å²) in [5, 5.41) is 9.80. The highest BCUT2D eigenvalue weighted by Gasteiger charge is 2.22. The van der Waals surface area contributed by atoms with Gasteiger partial charge < -0.3 is 5.32 Å². The Morgan fingerprint density at radius 3 is 2.41 bits per heavy atom. The predicted octanol–water partition coefficient (Wildman–Crippen LogP) is 1.56. The van der Waals surface area contributed by atoms with Crippen molar-refractivity contribution < 1.29 is 21.4 Å². The second-order valence-electron chi connectivity index (χ2n) is 4.57. The third kappa shape index (κ3) is 3.84. The van der Waals surface area contributed by atoms with Crippen molar-refractivity contribution in [1.82, 2.24) is 0 Å². The van der Waals surface area contributed by atoms with Crippen molar-refractivity contribution in [2.75, 3.05) is 5.32 Å². The van der Waals surface area contributed by atoms with E-state index in [0.29, 0.717) is 6.54 Å². The van der Waals surface area contributed by atoms with Crippen LogP contribution >= 0.6 is 11.3 Å². The molecule has 1 aromatic carbocycles. The van der Waals surface area contributed by atoms with Crippen LogP contribution in [0.2, 0.25) is 0 Å². The highest BCUT2D eigenvalue weighted by molar-refractivity contribution is 7.89. The molecule has 0 fully saturated rings. The maximum Gasteiger partial charge on any atom is 0.296 e. The van der Waals surface area contributed by atoms with Crippen LogP contribution in [-0.2, 0) is 26.7 Å². The molecule has 2 aromatic rings. The minimum absolute atomic E-state index is 0.112. The van der Waals surface area contributed by atoms with Crippen LogP contribution in [0.1, 0.15) is 10.4 Å². The summed E-state index contributed by atoms with van der Waals surface area (Å²) >= 11 is 1.48. The average Bonchev–Trinajstić information content (AvgIpc) is 2.86. The topological polar surface area (TPSA) is 127 Å². The highest BCUT2D eigenvalue weighted by atomic mass is 32.2. The molecule has 2 rings (SSSR count). The summed E-state index contributed by atoms with van der Waals surface area (Å²) in [7, 11) is -8.70. The Morgan fingerprint density at radius 1 is 1.23 bits per heavy atom. The lowest BCUT2D eigenvalue weighted by atomic mass is 10.2. The van der Waals surface area contributed by atoms with Gasteiger partial charge in [-0.15, -0.1) is 11.3 Å². The maximum atomic E-state index is 11.5. The third-order valence-electron chi connectivity index (χ3n) is 2.89. The van der Waals surface area contributed by atoms with E-state index in [0.717, 1.165) is 10.9 Å². The molecule has 22 heavy (non-hydrogen) atoms. The van der Waals surface area contributed by atoms with Gasteiger partial charge in [0.2, 0.25) is 10.0 Å². The molecule has 0 aliphatic heterocycles. The number of anilines is 1. The van der Waals surface area contributed by atoms with E-state index in [-0.39, 0.29) is 16.1 Å². The number of aryl methyl sites for hydroxylation is 1. The molecule has 7 nitrogen and oxygen atoms in total. The van der Waals surface area contributed by atoms with Crippen LogP contribution in [0.4, 0.5) is 5.69 Å². The van der Waals surface area contributed by atoms with Crippen molar-refractivity contribution >= 4 is 37.2 Å². The Kier molecular flexibility index (Phi) is 4.59. The Hall–Kier alpha value is -1.46. The fourth-order valence-corrected chi connectivity index (χ4v) is 4.11. The molecular formula is C12H14N2O5S3. The molecule has 0 unspecified atom stereocenters. The minimum Gasteiger partial charge on any atom is -0.379 e. The van der Waals surface area contributed by atoms with E-state index in [1.54, 1.807) is 0 Å². The second kappa shape index (κ2) is 5.97. The van der Waals surface area contributed by atoms with Crippen LogP contribution in [0, 0.1) is 6.92 Å². The van der Waals surface area contributed by atoms with Crippen molar-refractivity contribution in [3.05, 3.63) is 40.1 Å². The van der Waals surface area contributed by atoms with Gasteiger partial charge in [-0.1, -0.05) is 6.07 Å². The van der Waals surface area contributed by atoms with E-state index < -0.39 is 25.0 Å². The van der Waals surface area contributed by atoms with E-state index >= 15 is 0 Å². The molecule has 1 aromatic heterocycles. The molecule has 1 heterocycles. The quantitative estimate of drug-likeness (QED) is 0.693. The molecule has 0 saturated heterocycles. The fourth-order valence-electron chi connectivity index (χ4n) is 1.92. The van der Waals surface area contributed by atoms with Gasteiger partial charge >= 0.3 is 0 Å². The zero-order valence-corrected chi connectivity index (χ0v) is 13.9. The van der Waals surface area contributed by atoms with Crippen LogP contribution in [0.3, 0.4) is 0 Å². The van der Waals surface area contributed by atoms with Crippen molar-refractivity contribution in [3.8, 4) is 0 Å². The normalized spacial score (nSPS) is 12.3. The standard InChI is InChI=1S/C12H14N2O5S3/c1-8-5-10(14-7-9-3-2-4-20-9)12(22(17,18)19)6-11(8)21(13,15)16/h2-6,14H,7H2,1H3,(H2,13,15,16)(H,17,18,19). The maximum absolute atomic E-state index is 11.5.